The first kappa shape index (κ1) is 16.9. The quantitative estimate of drug-likeness (QED) is 0.721. The Kier molecular flexibility index (Phi) is 6.65. The number of halogens is 1. The maximum absolute atomic E-state index is 13.0. The van der Waals surface area contributed by atoms with E-state index in [2.05, 4.69) is 5.32 Å². The minimum absolute atomic E-state index is 0.289. The predicted molar refractivity (Wildman–Crippen MR) is 75.5 cm³/mol. The molecule has 0 bridgehead atoms. The number of carbonyl (C=O) groups excluding carboxylic acids is 1. The van der Waals surface area contributed by atoms with Gasteiger partial charge in [0.15, 0.2) is 6.10 Å². The Morgan fingerprint density at radius 2 is 2.10 bits per heavy atom. The van der Waals surface area contributed by atoms with E-state index in [4.69, 9.17) is 9.84 Å². The van der Waals surface area contributed by atoms with E-state index in [0.29, 0.717) is 19.4 Å². The number of carbonyl (C=O) groups is 2. The first-order chi connectivity index (χ1) is 9.90. The van der Waals surface area contributed by atoms with E-state index in [1.54, 1.807) is 19.9 Å². The van der Waals surface area contributed by atoms with Gasteiger partial charge in [-0.2, -0.15) is 0 Å². The molecule has 0 saturated carbocycles. The van der Waals surface area contributed by atoms with E-state index in [0.717, 1.165) is 0 Å². The van der Waals surface area contributed by atoms with Crippen LogP contribution >= 0.6 is 0 Å². The number of carboxylic acid groups (broad SMARTS) is 1. The van der Waals surface area contributed by atoms with Crippen molar-refractivity contribution >= 4 is 11.9 Å². The Bertz CT molecular complexity index is 492. The third-order valence-electron chi connectivity index (χ3n) is 3.01. The number of benzene rings is 1. The first-order valence-electron chi connectivity index (χ1n) is 6.83. The van der Waals surface area contributed by atoms with Gasteiger partial charge in [0, 0.05) is 12.6 Å². The summed E-state index contributed by atoms with van der Waals surface area (Å²) in [5.74, 6) is -1.73. The second-order valence-corrected chi connectivity index (χ2v) is 4.89. The molecule has 116 valence electrons. The molecule has 0 saturated heterocycles. The van der Waals surface area contributed by atoms with Gasteiger partial charge in [0.2, 0.25) is 0 Å². The third-order valence-corrected chi connectivity index (χ3v) is 3.01. The molecule has 0 radical (unpaired) electrons. The van der Waals surface area contributed by atoms with E-state index < -0.39 is 23.8 Å². The summed E-state index contributed by atoms with van der Waals surface area (Å²) in [6, 6.07) is 5.57. The molecular formula is C15H20FNO4. The Morgan fingerprint density at radius 1 is 1.38 bits per heavy atom. The number of nitrogens with one attached hydrogen (secondary N) is 1. The highest BCUT2D eigenvalue weighted by molar-refractivity contribution is 5.80. The molecule has 0 fully saturated rings. The molecular weight excluding hydrogens is 277 g/mol. The van der Waals surface area contributed by atoms with Crippen LogP contribution < -0.4 is 10.1 Å². The number of hydrogen-bond donors (Lipinski definition) is 2. The van der Waals surface area contributed by atoms with Gasteiger partial charge in [-0.3, -0.25) is 9.59 Å². The Balaban J connectivity index is 2.30. The second-order valence-electron chi connectivity index (χ2n) is 4.89. The van der Waals surface area contributed by atoms with Gasteiger partial charge < -0.3 is 15.2 Å². The zero-order valence-electron chi connectivity index (χ0n) is 12.1. The van der Waals surface area contributed by atoms with Crippen LogP contribution in [0.25, 0.3) is 0 Å². The lowest BCUT2D eigenvalue weighted by molar-refractivity contribution is -0.141. The number of hydrogen-bond acceptors (Lipinski definition) is 3. The molecule has 0 aliphatic rings. The molecule has 2 N–H and O–H groups in total. The average Bonchev–Trinajstić information content (AvgIpc) is 2.42. The van der Waals surface area contributed by atoms with Gasteiger partial charge in [0.05, 0.1) is 5.92 Å². The van der Waals surface area contributed by atoms with Crippen molar-refractivity contribution in [2.24, 2.45) is 5.92 Å². The van der Waals surface area contributed by atoms with Crippen molar-refractivity contribution in [3.63, 3.8) is 0 Å². The normalized spacial score (nSPS) is 13.3. The minimum atomic E-state index is -0.843. The number of ether oxygens (including phenoxy) is 1. The largest absolute Gasteiger partial charge is 0.481 e. The molecule has 6 heteroatoms. The second kappa shape index (κ2) is 8.24. The summed E-state index contributed by atoms with van der Waals surface area (Å²) in [6.45, 7) is 3.58. The van der Waals surface area contributed by atoms with Gasteiger partial charge in [0.1, 0.15) is 11.6 Å². The monoisotopic (exact) mass is 297 g/mol. The van der Waals surface area contributed by atoms with Crippen LogP contribution in [0.4, 0.5) is 4.39 Å². The van der Waals surface area contributed by atoms with Crippen LogP contribution in [0.3, 0.4) is 0 Å². The molecule has 1 aromatic carbocycles. The Hall–Kier alpha value is -2.11. The van der Waals surface area contributed by atoms with E-state index in [1.807, 2.05) is 0 Å². The van der Waals surface area contributed by atoms with Crippen molar-refractivity contribution < 1.29 is 23.8 Å². The van der Waals surface area contributed by atoms with Gasteiger partial charge in [-0.05, 0) is 31.9 Å². The lowest BCUT2D eigenvalue weighted by atomic mass is 10.1. The van der Waals surface area contributed by atoms with Crippen LogP contribution in [0.5, 0.6) is 5.75 Å². The zero-order chi connectivity index (χ0) is 15.8. The number of carboxylic acids is 1. The van der Waals surface area contributed by atoms with Gasteiger partial charge in [0.25, 0.3) is 5.91 Å². The minimum Gasteiger partial charge on any atom is -0.481 e. The summed E-state index contributed by atoms with van der Waals surface area (Å²) in [5, 5.41) is 11.4. The Labute approximate surface area is 123 Å². The molecule has 1 amide bonds. The molecule has 0 heterocycles. The van der Waals surface area contributed by atoms with Crippen LogP contribution in [0, 0.1) is 11.7 Å². The highest BCUT2D eigenvalue weighted by Crippen LogP contribution is 2.13. The molecule has 0 aliphatic carbocycles. The van der Waals surface area contributed by atoms with Gasteiger partial charge in [-0.15, -0.1) is 0 Å². The SMILES string of the molecule is CC(CCCNC(=O)C(C)Oc1cccc(F)c1)C(=O)O. The molecule has 2 unspecified atom stereocenters. The third kappa shape index (κ3) is 6.25. The van der Waals surface area contributed by atoms with Crippen LogP contribution in [0.2, 0.25) is 0 Å². The fraction of sp³-hybridized carbons (Fsp3) is 0.467. The van der Waals surface area contributed by atoms with Crippen molar-refractivity contribution in [3.05, 3.63) is 30.1 Å². The standard InChI is InChI=1S/C15H20FNO4/c1-10(15(19)20)5-4-8-17-14(18)11(2)21-13-7-3-6-12(16)9-13/h3,6-7,9-11H,4-5,8H2,1-2H3,(H,17,18)(H,19,20). The molecule has 2 atom stereocenters. The van der Waals surface area contributed by atoms with Crippen LogP contribution in [0.15, 0.2) is 24.3 Å². The molecule has 0 aliphatic heterocycles. The summed E-state index contributed by atoms with van der Waals surface area (Å²) in [5.41, 5.74) is 0. The number of aliphatic carboxylic acids is 1. The van der Waals surface area contributed by atoms with Crippen LogP contribution in [0.1, 0.15) is 26.7 Å². The van der Waals surface area contributed by atoms with Crippen molar-refractivity contribution in [2.75, 3.05) is 6.54 Å². The Morgan fingerprint density at radius 3 is 2.71 bits per heavy atom. The summed E-state index contributed by atoms with van der Waals surface area (Å²) in [7, 11) is 0. The highest BCUT2D eigenvalue weighted by atomic mass is 19.1. The molecule has 1 rings (SSSR count). The zero-order valence-corrected chi connectivity index (χ0v) is 12.1. The number of amides is 1. The average molecular weight is 297 g/mol. The highest BCUT2D eigenvalue weighted by Gasteiger charge is 2.15. The van der Waals surface area contributed by atoms with Crippen LogP contribution in [-0.2, 0) is 9.59 Å². The van der Waals surface area contributed by atoms with E-state index >= 15 is 0 Å². The topological polar surface area (TPSA) is 75.6 Å². The van der Waals surface area contributed by atoms with Gasteiger partial charge in [-0.25, -0.2) is 4.39 Å². The molecule has 0 aromatic heterocycles. The van der Waals surface area contributed by atoms with Gasteiger partial charge in [-0.1, -0.05) is 13.0 Å². The number of rotatable bonds is 8. The van der Waals surface area contributed by atoms with Crippen molar-refractivity contribution in [1.82, 2.24) is 5.32 Å². The van der Waals surface area contributed by atoms with E-state index in [-0.39, 0.29) is 11.7 Å². The summed E-state index contributed by atoms with van der Waals surface area (Å²) < 4.78 is 18.3. The summed E-state index contributed by atoms with van der Waals surface area (Å²) in [6.07, 6.45) is 0.324. The lowest BCUT2D eigenvalue weighted by Gasteiger charge is -2.15. The molecule has 5 nitrogen and oxygen atoms in total. The fourth-order valence-electron chi connectivity index (χ4n) is 1.68. The maximum Gasteiger partial charge on any atom is 0.306 e. The van der Waals surface area contributed by atoms with Gasteiger partial charge >= 0.3 is 5.97 Å². The van der Waals surface area contributed by atoms with Crippen LogP contribution in [-0.4, -0.2) is 29.6 Å². The molecule has 0 spiro atoms. The van der Waals surface area contributed by atoms with Crippen molar-refractivity contribution in [2.45, 2.75) is 32.8 Å². The predicted octanol–water partition coefficient (Wildman–Crippen LogP) is 2.21. The fourth-order valence-corrected chi connectivity index (χ4v) is 1.68. The molecule has 21 heavy (non-hydrogen) atoms. The summed E-state index contributed by atoms with van der Waals surface area (Å²) in [4.78, 5) is 22.4. The van der Waals surface area contributed by atoms with E-state index in [9.17, 15) is 14.0 Å². The summed E-state index contributed by atoms with van der Waals surface area (Å²) >= 11 is 0. The maximum atomic E-state index is 13.0. The van der Waals surface area contributed by atoms with E-state index in [1.165, 1.54) is 18.2 Å². The van der Waals surface area contributed by atoms with Crippen molar-refractivity contribution in [1.29, 1.82) is 0 Å². The smallest absolute Gasteiger partial charge is 0.306 e. The molecule has 1 aromatic rings. The first-order valence-corrected chi connectivity index (χ1v) is 6.83. The van der Waals surface area contributed by atoms with Crippen molar-refractivity contribution in [3.8, 4) is 5.75 Å². The lowest BCUT2D eigenvalue weighted by Crippen LogP contribution is -2.37.